The number of benzene rings is 1. The highest BCUT2D eigenvalue weighted by Crippen LogP contribution is 2.20. The summed E-state index contributed by atoms with van der Waals surface area (Å²) < 4.78 is 1.67. The van der Waals surface area contributed by atoms with E-state index in [0.29, 0.717) is 11.3 Å². The fourth-order valence-electron chi connectivity index (χ4n) is 2.31. The summed E-state index contributed by atoms with van der Waals surface area (Å²) in [5.74, 6) is -0.359. The van der Waals surface area contributed by atoms with Crippen LogP contribution in [-0.4, -0.2) is 25.6 Å². The summed E-state index contributed by atoms with van der Waals surface area (Å²) in [5, 5.41) is 18.5. The molecule has 0 aliphatic rings. The van der Waals surface area contributed by atoms with Crippen molar-refractivity contribution in [1.29, 1.82) is 0 Å². The Kier molecular flexibility index (Phi) is 3.49. The average molecular weight is 311 g/mol. The van der Waals surface area contributed by atoms with Crippen LogP contribution in [0.2, 0.25) is 0 Å². The van der Waals surface area contributed by atoms with Gasteiger partial charge in [0.25, 0.3) is 11.6 Å². The quantitative estimate of drug-likeness (QED) is 0.591. The van der Waals surface area contributed by atoms with Gasteiger partial charge in [0, 0.05) is 30.1 Å². The Morgan fingerprint density at radius 1 is 1.30 bits per heavy atom. The van der Waals surface area contributed by atoms with Crippen LogP contribution in [-0.2, 0) is 7.05 Å². The summed E-state index contributed by atoms with van der Waals surface area (Å²) in [6.45, 7) is 1.87. The van der Waals surface area contributed by atoms with Crippen molar-refractivity contribution in [1.82, 2.24) is 14.8 Å². The molecule has 0 saturated heterocycles. The van der Waals surface area contributed by atoms with Gasteiger partial charge in [-0.3, -0.25) is 19.6 Å². The molecular formula is C15H13N5O3. The molecule has 1 aromatic carbocycles. The van der Waals surface area contributed by atoms with E-state index in [2.05, 4.69) is 15.4 Å². The van der Waals surface area contributed by atoms with Crippen LogP contribution in [0.25, 0.3) is 11.0 Å². The van der Waals surface area contributed by atoms with E-state index in [1.165, 1.54) is 24.3 Å². The Bertz CT molecular complexity index is 915. The number of carbonyl (C=O) groups is 1. The van der Waals surface area contributed by atoms with Gasteiger partial charge in [0.05, 0.1) is 22.5 Å². The molecule has 0 aliphatic heterocycles. The van der Waals surface area contributed by atoms with Gasteiger partial charge < -0.3 is 5.32 Å². The van der Waals surface area contributed by atoms with Gasteiger partial charge in [0.2, 0.25) is 0 Å². The second-order valence-corrected chi connectivity index (χ2v) is 5.06. The number of nitro benzene ring substituents is 1. The highest BCUT2D eigenvalue weighted by atomic mass is 16.6. The minimum atomic E-state index is -0.509. The van der Waals surface area contributed by atoms with E-state index < -0.39 is 4.92 Å². The molecule has 3 rings (SSSR count). The molecule has 23 heavy (non-hydrogen) atoms. The molecular weight excluding hydrogens is 298 g/mol. The van der Waals surface area contributed by atoms with Crippen molar-refractivity contribution >= 4 is 28.3 Å². The molecule has 116 valence electrons. The molecule has 0 unspecified atom stereocenters. The fourth-order valence-corrected chi connectivity index (χ4v) is 2.31. The Balaban J connectivity index is 1.84. The number of aromatic nitrogens is 3. The summed E-state index contributed by atoms with van der Waals surface area (Å²) in [5.41, 5.74) is 2.36. The molecule has 0 aliphatic carbocycles. The Hall–Kier alpha value is -3.29. The molecule has 0 fully saturated rings. The molecule has 2 aromatic heterocycles. The van der Waals surface area contributed by atoms with Gasteiger partial charge in [-0.1, -0.05) is 0 Å². The van der Waals surface area contributed by atoms with Crippen LogP contribution < -0.4 is 5.32 Å². The Morgan fingerprint density at radius 2 is 2.00 bits per heavy atom. The number of anilines is 1. The molecule has 3 aromatic rings. The van der Waals surface area contributed by atoms with Crippen LogP contribution in [0.5, 0.6) is 0 Å². The zero-order chi connectivity index (χ0) is 16.6. The lowest BCUT2D eigenvalue weighted by molar-refractivity contribution is -0.384. The highest BCUT2D eigenvalue weighted by molar-refractivity contribution is 6.05. The van der Waals surface area contributed by atoms with Gasteiger partial charge in [-0.15, -0.1) is 0 Å². The third-order valence-electron chi connectivity index (χ3n) is 3.46. The highest BCUT2D eigenvalue weighted by Gasteiger charge is 2.12. The minimum absolute atomic E-state index is 0.0596. The normalized spacial score (nSPS) is 10.7. The first-order valence-corrected chi connectivity index (χ1v) is 6.81. The van der Waals surface area contributed by atoms with Crippen LogP contribution in [0.1, 0.15) is 16.1 Å². The zero-order valence-corrected chi connectivity index (χ0v) is 12.5. The van der Waals surface area contributed by atoms with Crippen molar-refractivity contribution in [3.8, 4) is 0 Å². The summed E-state index contributed by atoms with van der Waals surface area (Å²) >= 11 is 0. The van der Waals surface area contributed by atoms with Crippen LogP contribution >= 0.6 is 0 Å². The van der Waals surface area contributed by atoms with Gasteiger partial charge in [-0.2, -0.15) is 5.10 Å². The molecule has 0 bridgehead atoms. The summed E-state index contributed by atoms with van der Waals surface area (Å²) in [6.07, 6.45) is 1.55. The number of nitrogens with one attached hydrogen (secondary N) is 1. The number of nitrogens with zero attached hydrogens (tertiary/aromatic N) is 4. The fraction of sp³-hybridized carbons (Fsp3) is 0.133. The maximum absolute atomic E-state index is 12.2. The molecule has 8 heteroatoms. The SMILES string of the molecule is Cc1nn(C)c2ncc(NC(=O)c3ccc([N+](=O)[O-])cc3)cc12. The molecule has 0 radical (unpaired) electrons. The van der Waals surface area contributed by atoms with E-state index in [1.54, 1.807) is 24.0 Å². The number of rotatable bonds is 3. The van der Waals surface area contributed by atoms with Crippen molar-refractivity contribution in [2.75, 3.05) is 5.32 Å². The van der Waals surface area contributed by atoms with Gasteiger partial charge in [0.1, 0.15) is 0 Å². The van der Waals surface area contributed by atoms with Gasteiger partial charge in [-0.25, -0.2) is 4.98 Å². The van der Waals surface area contributed by atoms with Crippen molar-refractivity contribution in [2.45, 2.75) is 6.92 Å². The number of nitro groups is 1. The van der Waals surface area contributed by atoms with E-state index in [9.17, 15) is 14.9 Å². The monoisotopic (exact) mass is 311 g/mol. The number of fused-ring (bicyclic) bond motifs is 1. The van der Waals surface area contributed by atoms with E-state index >= 15 is 0 Å². The topological polar surface area (TPSA) is 103 Å². The number of aryl methyl sites for hydroxylation is 2. The zero-order valence-electron chi connectivity index (χ0n) is 12.5. The molecule has 1 amide bonds. The Labute approximate surface area is 130 Å². The van der Waals surface area contributed by atoms with Gasteiger partial charge in [-0.05, 0) is 25.1 Å². The number of hydrogen-bond donors (Lipinski definition) is 1. The van der Waals surface area contributed by atoms with E-state index in [1.807, 2.05) is 6.92 Å². The molecule has 2 heterocycles. The van der Waals surface area contributed by atoms with Gasteiger partial charge in [0.15, 0.2) is 5.65 Å². The minimum Gasteiger partial charge on any atom is -0.321 e. The Morgan fingerprint density at radius 3 is 2.65 bits per heavy atom. The number of hydrogen-bond acceptors (Lipinski definition) is 5. The van der Waals surface area contributed by atoms with Crippen LogP contribution in [0.15, 0.2) is 36.5 Å². The number of pyridine rings is 1. The second kappa shape index (κ2) is 5.48. The largest absolute Gasteiger partial charge is 0.321 e. The number of non-ortho nitro benzene ring substituents is 1. The van der Waals surface area contributed by atoms with Crippen molar-refractivity contribution < 1.29 is 9.72 Å². The van der Waals surface area contributed by atoms with Gasteiger partial charge >= 0.3 is 0 Å². The maximum Gasteiger partial charge on any atom is 0.269 e. The van der Waals surface area contributed by atoms with E-state index in [4.69, 9.17) is 0 Å². The van der Waals surface area contributed by atoms with Crippen LogP contribution in [0.3, 0.4) is 0 Å². The standard InChI is InChI=1S/C15H13N5O3/c1-9-13-7-11(8-16-14(13)19(2)18-9)17-15(21)10-3-5-12(6-4-10)20(22)23/h3-8H,1-2H3,(H,17,21). The number of carbonyl (C=O) groups excluding carboxylic acids is 1. The smallest absolute Gasteiger partial charge is 0.269 e. The lowest BCUT2D eigenvalue weighted by atomic mass is 10.2. The number of amides is 1. The summed E-state index contributed by atoms with van der Waals surface area (Å²) in [4.78, 5) is 26.6. The first-order valence-electron chi connectivity index (χ1n) is 6.81. The molecule has 0 saturated carbocycles. The average Bonchev–Trinajstić information content (AvgIpc) is 2.81. The van der Waals surface area contributed by atoms with Crippen molar-refractivity contribution in [3.05, 3.63) is 57.9 Å². The predicted octanol–water partition coefficient (Wildman–Crippen LogP) is 2.44. The molecule has 0 spiro atoms. The first kappa shape index (κ1) is 14.6. The van der Waals surface area contributed by atoms with Crippen LogP contribution in [0.4, 0.5) is 11.4 Å². The van der Waals surface area contributed by atoms with Crippen molar-refractivity contribution in [3.63, 3.8) is 0 Å². The molecule has 8 nitrogen and oxygen atoms in total. The van der Waals surface area contributed by atoms with E-state index in [-0.39, 0.29) is 11.6 Å². The lowest BCUT2D eigenvalue weighted by Gasteiger charge is -2.05. The summed E-state index contributed by atoms with van der Waals surface area (Å²) in [6, 6.07) is 7.21. The molecule has 0 atom stereocenters. The third-order valence-corrected chi connectivity index (χ3v) is 3.46. The molecule has 1 N–H and O–H groups in total. The van der Waals surface area contributed by atoms with Crippen LogP contribution in [0, 0.1) is 17.0 Å². The second-order valence-electron chi connectivity index (χ2n) is 5.06. The first-order chi connectivity index (χ1) is 11.0. The van der Waals surface area contributed by atoms with E-state index in [0.717, 1.165) is 16.7 Å². The lowest BCUT2D eigenvalue weighted by Crippen LogP contribution is -2.12. The predicted molar refractivity (Wildman–Crippen MR) is 84.3 cm³/mol. The summed E-state index contributed by atoms with van der Waals surface area (Å²) in [7, 11) is 1.80. The third kappa shape index (κ3) is 2.73. The van der Waals surface area contributed by atoms with Crippen molar-refractivity contribution in [2.24, 2.45) is 7.05 Å². The maximum atomic E-state index is 12.2.